The van der Waals surface area contributed by atoms with Crippen molar-refractivity contribution in [1.29, 1.82) is 0 Å². The third-order valence-corrected chi connectivity index (χ3v) is 4.59. The second kappa shape index (κ2) is 8.02. The van der Waals surface area contributed by atoms with Crippen molar-refractivity contribution in [3.63, 3.8) is 0 Å². The summed E-state index contributed by atoms with van der Waals surface area (Å²) in [6.07, 6.45) is 4.28. The molecule has 2 amide bonds. The van der Waals surface area contributed by atoms with Crippen molar-refractivity contribution in [3.05, 3.63) is 53.9 Å². The maximum absolute atomic E-state index is 12.3. The predicted octanol–water partition coefficient (Wildman–Crippen LogP) is 2.58. The summed E-state index contributed by atoms with van der Waals surface area (Å²) in [5, 5.41) is 19.0. The summed E-state index contributed by atoms with van der Waals surface area (Å²) in [7, 11) is 0. The highest BCUT2D eigenvalue weighted by atomic mass is 16.5. The number of carboxylic acids is 1. The third-order valence-electron chi connectivity index (χ3n) is 4.59. The average molecular weight is 386 g/mol. The van der Waals surface area contributed by atoms with E-state index in [2.05, 4.69) is 15.7 Å². The fourth-order valence-corrected chi connectivity index (χ4v) is 3.29. The quantitative estimate of drug-likeness (QED) is 0.708. The number of hydrogen-bond acceptors (Lipinski definition) is 4. The van der Waals surface area contributed by atoms with Gasteiger partial charge in [0.25, 0.3) is 0 Å². The van der Waals surface area contributed by atoms with Crippen LogP contribution in [0, 0.1) is 0 Å². The standard InChI is InChI=1S/C20H26N4O4/c1-20(2,3)28-16-11-15(17(16)24-10-4-9-22-24)23-19(27)21-12-13-5-7-14(8-6-13)18(25)26/h4-10,15-17H,11-12H2,1-3H3,(H,25,26)(H2,21,23,27). The molecular weight excluding hydrogens is 360 g/mol. The van der Waals surface area contributed by atoms with E-state index in [0.717, 1.165) is 5.56 Å². The molecule has 3 rings (SSSR count). The number of carbonyl (C=O) groups excluding carboxylic acids is 1. The van der Waals surface area contributed by atoms with Crippen LogP contribution in [0.25, 0.3) is 0 Å². The number of carbonyl (C=O) groups is 2. The fraction of sp³-hybridized carbons (Fsp3) is 0.450. The third kappa shape index (κ3) is 4.89. The molecule has 28 heavy (non-hydrogen) atoms. The van der Waals surface area contributed by atoms with Crippen LogP contribution in [0.5, 0.6) is 0 Å². The zero-order valence-electron chi connectivity index (χ0n) is 16.3. The number of amides is 2. The van der Waals surface area contributed by atoms with Crippen molar-refractivity contribution < 1.29 is 19.4 Å². The van der Waals surface area contributed by atoms with Crippen molar-refractivity contribution in [2.24, 2.45) is 0 Å². The summed E-state index contributed by atoms with van der Waals surface area (Å²) in [6, 6.07) is 7.84. The number of nitrogens with one attached hydrogen (secondary N) is 2. The van der Waals surface area contributed by atoms with Crippen LogP contribution >= 0.6 is 0 Å². The van der Waals surface area contributed by atoms with Gasteiger partial charge < -0.3 is 20.5 Å². The Morgan fingerprint density at radius 1 is 1.29 bits per heavy atom. The van der Waals surface area contributed by atoms with Gasteiger partial charge in [0, 0.05) is 18.9 Å². The molecule has 1 aromatic carbocycles. The van der Waals surface area contributed by atoms with Gasteiger partial charge in [-0.2, -0.15) is 5.10 Å². The van der Waals surface area contributed by atoms with Crippen LogP contribution < -0.4 is 10.6 Å². The Morgan fingerprint density at radius 2 is 2.00 bits per heavy atom. The molecule has 3 unspecified atom stereocenters. The highest BCUT2D eigenvalue weighted by molar-refractivity contribution is 5.87. The van der Waals surface area contributed by atoms with Gasteiger partial charge in [-0.15, -0.1) is 0 Å². The van der Waals surface area contributed by atoms with Gasteiger partial charge >= 0.3 is 12.0 Å². The largest absolute Gasteiger partial charge is 0.478 e. The first-order valence-corrected chi connectivity index (χ1v) is 9.26. The molecule has 1 aliphatic carbocycles. The van der Waals surface area contributed by atoms with Crippen LogP contribution in [0.15, 0.2) is 42.7 Å². The summed E-state index contributed by atoms with van der Waals surface area (Å²) < 4.78 is 7.93. The number of rotatable bonds is 6. The molecule has 150 valence electrons. The maximum atomic E-state index is 12.3. The summed E-state index contributed by atoms with van der Waals surface area (Å²) in [5.74, 6) is -0.973. The lowest BCUT2D eigenvalue weighted by Crippen LogP contribution is -2.59. The molecule has 0 spiro atoms. The van der Waals surface area contributed by atoms with Crippen LogP contribution in [0.1, 0.15) is 49.2 Å². The Bertz CT molecular complexity index is 812. The molecule has 2 aromatic rings. The van der Waals surface area contributed by atoms with Gasteiger partial charge in [-0.3, -0.25) is 4.68 Å². The first-order chi connectivity index (χ1) is 13.2. The molecule has 1 fully saturated rings. The van der Waals surface area contributed by atoms with Gasteiger partial charge in [-0.1, -0.05) is 12.1 Å². The lowest BCUT2D eigenvalue weighted by molar-refractivity contribution is -0.132. The highest BCUT2D eigenvalue weighted by Gasteiger charge is 2.46. The van der Waals surface area contributed by atoms with Crippen LogP contribution in [-0.2, 0) is 11.3 Å². The van der Waals surface area contributed by atoms with E-state index in [1.165, 1.54) is 12.1 Å². The van der Waals surface area contributed by atoms with Gasteiger partial charge in [-0.05, 0) is 51.0 Å². The van der Waals surface area contributed by atoms with E-state index < -0.39 is 5.97 Å². The Morgan fingerprint density at radius 3 is 2.57 bits per heavy atom. The van der Waals surface area contributed by atoms with Crippen molar-refractivity contribution in [1.82, 2.24) is 20.4 Å². The van der Waals surface area contributed by atoms with Crippen LogP contribution in [-0.4, -0.2) is 44.6 Å². The SMILES string of the molecule is CC(C)(C)OC1CC(NC(=O)NCc2ccc(C(=O)O)cc2)C1n1cccn1. The molecular formula is C20H26N4O4. The number of hydrogen-bond donors (Lipinski definition) is 3. The Balaban J connectivity index is 1.55. The summed E-state index contributed by atoms with van der Waals surface area (Å²) >= 11 is 0. The van der Waals surface area contributed by atoms with Gasteiger partial charge in [0.2, 0.25) is 0 Å². The molecule has 0 radical (unpaired) electrons. The van der Waals surface area contributed by atoms with Gasteiger partial charge in [0.15, 0.2) is 0 Å². The van der Waals surface area contributed by atoms with Crippen molar-refractivity contribution in [2.75, 3.05) is 0 Å². The second-order valence-corrected chi connectivity index (χ2v) is 7.92. The minimum atomic E-state index is -0.973. The zero-order valence-corrected chi connectivity index (χ0v) is 16.3. The number of benzene rings is 1. The molecule has 0 aliphatic heterocycles. The molecule has 8 heteroatoms. The van der Waals surface area contributed by atoms with Gasteiger partial charge in [-0.25, -0.2) is 9.59 Å². The summed E-state index contributed by atoms with van der Waals surface area (Å²) in [4.78, 5) is 23.2. The number of nitrogens with zero attached hydrogens (tertiary/aromatic N) is 2. The number of aromatic nitrogens is 2. The van der Waals surface area contributed by atoms with Gasteiger partial charge in [0.1, 0.15) is 0 Å². The first kappa shape index (κ1) is 19.9. The number of urea groups is 1. The summed E-state index contributed by atoms with van der Waals surface area (Å²) in [5.41, 5.74) is 0.770. The number of carboxylic acid groups (broad SMARTS) is 1. The van der Waals surface area contributed by atoms with E-state index >= 15 is 0 Å². The van der Waals surface area contributed by atoms with E-state index in [0.29, 0.717) is 13.0 Å². The Labute approximate surface area is 163 Å². The van der Waals surface area contributed by atoms with E-state index in [1.807, 2.05) is 37.7 Å². The topological polar surface area (TPSA) is 105 Å². The molecule has 0 saturated heterocycles. The second-order valence-electron chi connectivity index (χ2n) is 7.92. The minimum absolute atomic E-state index is 0.0197. The van der Waals surface area contributed by atoms with Crippen molar-refractivity contribution in [2.45, 2.75) is 57.5 Å². The molecule has 8 nitrogen and oxygen atoms in total. The van der Waals surface area contributed by atoms with E-state index in [4.69, 9.17) is 9.84 Å². The molecule has 1 heterocycles. The van der Waals surface area contributed by atoms with E-state index in [9.17, 15) is 9.59 Å². The van der Waals surface area contributed by atoms with Crippen molar-refractivity contribution in [3.8, 4) is 0 Å². The first-order valence-electron chi connectivity index (χ1n) is 9.26. The number of ether oxygens (including phenoxy) is 1. The molecule has 1 aromatic heterocycles. The number of aromatic carboxylic acids is 1. The smallest absolute Gasteiger partial charge is 0.335 e. The van der Waals surface area contributed by atoms with Crippen LogP contribution in [0.2, 0.25) is 0 Å². The lowest BCUT2D eigenvalue weighted by Gasteiger charge is -2.46. The van der Waals surface area contributed by atoms with E-state index in [-0.39, 0.29) is 35.4 Å². The Kier molecular flexibility index (Phi) is 5.69. The van der Waals surface area contributed by atoms with E-state index in [1.54, 1.807) is 18.3 Å². The van der Waals surface area contributed by atoms with Crippen LogP contribution in [0.3, 0.4) is 0 Å². The summed E-state index contributed by atoms with van der Waals surface area (Å²) in [6.45, 7) is 6.34. The highest BCUT2D eigenvalue weighted by Crippen LogP contribution is 2.37. The molecule has 1 saturated carbocycles. The molecule has 0 bridgehead atoms. The maximum Gasteiger partial charge on any atom is 0.335 e. The Hall–Kier alpha value is -2.87. The van der Waals surface area contributed by atoms with Crippen LogP contribution in [0.4, 0.5) is 4.79 Å². The normalized spacial score (nSPS) is 21.6. The molecule has 3 N–H and O–H groups in total. The monoisotopic (exact) mass is 386 g/mol. The average Bonchev–Trinajstić information content (AvgIpc) is 3.11. The zero-order chi connectivity index (χ0) is 20.3. The molecule has 3 atom stereocenters. The van der Waals surface area contributed by atoms with Crippen molar-refractivity contribution >= 4 is 12.0 Å². The minimum Gasteiger partial charge on any atom is -0.478 e. The molecule has 1 aliphatic rings. The fourth-order valence-electron chi connectivity index (χ4n) is 3.29. The predicted molar refractivity (Wildman–Crippen MR) is 103 cm³/mol. The lowest BCUT2D eigenvalue weighted by atomic mass is 9.82. The van der Waals surface area contributed by atoms with Gasteiger partial charge in [0.05, 0.1) is 29.4 Å².